The summed E-state index contributed by atoms with van der Waals surface area (Å²) >= 11 is 1.52. The molecule has 6 heterocycles. The number of β-lactam (4-membered cyclic amide) rings is 1. The number of hydrogen-bond donors (Lipinski definition) is 5. The molecule has 446 valence electrons. The maximum absolute atomic E-state index is 14.9. The minimum atomic E-state index is -2.41. The van der Waals surface area contributed by atoms with Crippen LogP contribution in [0.15, 0.2) is 33.9 Å². The second-order valence-corrected chi connectivity index (χ2v) is 26.7. The van der Waals surface area contributed by atoms with E-state index in [-0.39, 0.29) is 77.3 Å². The van der Waals surface area contributed by atoms with Gasteiger partial charge in [-0.15, -0.1) is 11.8 Å². The van der Waals surface area contributed by atoms with E-state index in [9.17, 15) is 54.3 Å². The first-order chi connectivity index (χ1) is 37.2. The minimum absolute atomic E-state index is 0.0245. The molecule has 79 heavy (non-hydrogen) atoms. The summed E-state index contributed by atoms with van der Waals surface area (Å²) in [6, 6.07) is -1.50. The molecule has 0 aromatic heterocycles. The summed E-state index contributed by atoms with van der Waals surface area (Å²) in [4.78, 5) is 89.4. The normalized spacial score (nSPS) is 39.1. The van der Waals surface area contributed by atoms with Gasteiger partial charge in [-0.05, 0) is 147 Å². The van der Waals surface area contributed by atoms with Crippen molar-refractivity contribution in [3.8, 4) is 0 Å². The number of esters is 1. The van der Waals surface area contributed by atoms with E-state index in [4.69, 9.17) is 14.2 Å². The smallest absolute Gasteiger partial charge is 0.353 e. The van der Waals surface area contributed by atoms with Gasteiger partial charge < -0.3 is 49.5 Å². The van der Waals surface area contributed by atoms with Crippen LogP contribution in [0.1, 0.15) is 173 Å². The topological polar surface area (TPSA) is 241 Å². The summed E-state index contributed by atoms with van der Waals surface area (Å²) in [6.07, 6.45) is 6.20. The number of aliphatic hydroxyl groups is 4. The zero-order valence-electron chi connectivity index (χ0n) is 49.7. The van der Waals surface area contributed by atoms with Crippen molar-refractivity contribution in [1.82, 2.24) is 14.7 Å². The van der Waals surface area contributed by atoms with Crippen LogP contribution in [0.3, 0.4) is 0 Å². The third-order valence-corrected chi connectivity index (χ3v) is 20.1. The number of aliphatic hydroxyl groups excluding tert-OH is 3. The number of piperidine rings is 1. The quantitative estimate of drug-likeness (QED) is 0.0579. The van der Waals surface area contributed by atoms with Crippen molar-refractivity contribution >= 4 is 47.1 Å². The largest absolute Gasteiger partial charge is 0.477 e. The third-order valence-electron chi connectivity index (χ3n) is 18.8. The number of Topliss-reactive ketones (excluding diaryl/α,β-unsaturated/α-hetero) is 2. The van der Waals surface area contributed by atoms with Gasteiger partial charge in [0, 0.05) is 66.5 Å². The lowest BCUT2D eigenvalue weighted by atomic mass is 9.76. The minimum Gasteiger partial charge on any atom is -0.477 e. The van der Waals surface area contributed by atoms with Crippen LogP contribution in [-0.4, -0.2) is 168 Å². The van der Waals surface area contributed by atoms with Crippen LogP contribution >= 0.6 is 11.8 Å². The zero-order chi connectivity index (χ0) is 58.6. The molecule has 0 radical (unpaired) electrons. The molecule has 6 aliphatic heterocycles. The highest BCUT2D eigenvalue weighted by atomic mass is 32.2. The number of carbonyl (C=O) groups is 6. The predicted molar refractivity (Wildman–Crippen MR) is 302 cm³/mol. The Morgan fingerprint density at radius 1 is 0.937 bits per heavy atom. The van der Waals surface area contributed by atoms with Gasteiger partial charge >= 0.3 is 11.9 Å². The molecule has 0 aromatic carbocycles. The number of fused-ring (bicyclic) bond motifs is 4. The SMILES string of the molecule is CC.CO[C@@H]1C[C@H](/C=C(\C)[C@H]2OC(=O)[C@@H]3CCCCN3C(=O)C(=O)[C@]3(O)O[C@H]([C@@H](C)C[C@@H](C)C/C(C)=C/[C@@H](CCC(C)(C)N4CC[C@H](SC5=C(C(=O)O)N6C(=O)[C@H]([C@@H](C)O)[C@H]6C5)C4)C(=O)C[C@H](O)[C@H]2C)[C@@H](C)C[C@H]3C)CC[C@H]1O. The van der Waals surface area contributed by atoms with Gasteiger partial charge in [0.1, 0.15) is 23.6 Å². The lowest BCUT2D eigenvalue weighted by Crippen LogP contribution is -2.62. The molecule has 0 unspecified atom stereocenters. The summed E-state index contributed by atoms with van der Waals surface area (Å²) < 4.78 is 18.5. The Balaban J connectivity index is 0.00000498. The molecule has 17 nitrogen and oxygen atoms in total. The molecule has 18 atom stereocenters. The number of amides is 2. The van der Waals surface area contributed by atoms with Crippen LogP contribution in [0, 0.1) is 47.3 Å². The third kappa shape index (κ3) is 14.5. The van der Waals surface area contributed by atoms with E-state index in [1.165, 1.54) is 21.6 Å². The maximum atomic E-state index is 14.9. The summed E-state index contributed by atoms with van der Waals surface area (Å²) in [5.41, 5.74) is 1.29. The fourth-order valence-electron chi connectivity index (χ4n) is 14.3. The Bertz CT molecular complexity index is 2300. The van der Waals surface area contributed by atoms with Gasteiger partial charge in [-0.1, -0.05) is 66.2 Å². The van der Waals surface area contributed by atoms with Gasteiger partial charge in [-0.25, -0.2) is 9.59 Å². The zero-order valence-corrected chi connectivity index (χ0v) is 50.5. The number of allylic oxidation sites excluding steroid dienone is 3. The first-order valence-corrected chi connectivity index (χ1v) is 30.7. The molecule has 18 heteroatoms. The molecule has 7 rings (SSSR count). The van der Waals surface area contributed by atoms with E-state index in [1.54, 1.807) is 27.9 Å². The van der Waals surface area contributed by atoms with E-state index in [0.717, 1.165) is 18.5 Å². The average molecular weight is 1130 g/mol. The van der Waals surface area contributed by atoms with Gasteiger partial charge in [-0.2, -0.15) is 0 Å². The Kier molecular flexibility index (Phi) is 22.3. The number of ketones is 2. The molecule has 5 fully saturated rings. The first kappa shape index (κ1) is 64.7. The first-order valence-electron chi connectivity index (χ1n) is 29.8. The van der Waals surface area contributed by atoms with Crippen molar-refractivity contribution in [2.75, 3.05) is 26.7 Å². The summed E-state index contributed by atoms with van der Waals surface area (Å²) in [5.74, 6) is -9.68. The van der Waals surface area contributed by atoms with Crippen LogP contribution in [0.25, 0.3) is 0 Å². The second kappa shape index (κ2) is 27.3. The van der Waals surface area contributed by atoms with E-state index in [0.29, 0.717) is 87.7 Å². The lowest BCUT2D eigenvalue weighted by molar-refractivity contribution is -0.282. The summed E-state index contributed by atoms with van der Waals surface area (Å²) in [6.45, 7) is 24.9. The number of carboxylic acids is 1. The molecule has 0 aromatic rings. The molecule has 1 saturated carbocycles. The van der Waals surface area contributed by atoms with Crippen molar-refractivity contribution in [1.29, 1.82) is 0 Å². The molecule has 5 N–H and O–H groups in total. The van der Waals surface area contributed by atoms with Crippen molar-refractivity contribution in [3.63, 3.8) is 0 Å². The number of methoxy groups -OCH3 is 1. The van der Waals surface area contributed by atoms with Crippen molar-refractivity contribution in [2.24, 2.45) is 47.3 Å². The lowest BCUT2D eigenvalue weighted by Gasteiger charge is -2.46. The van der Waals surface area contributed by atoms with Crippen LogP contribution in [0.5, 0.6) is 0 Å². The number of aliphatic carboxylic acids is 1. The Morgan fingerprint density at radius 3 is 2.28 bits per heavy atom. The highest BCUT2D eigenvalue weighted by Crippen LogP contribution is 2.49. The molecule has 7 aliphatic rings. The van der Waals surface area contributed by atoms with Gasteiger partial charge in [0.2, 0.25) is 11.7 Å². The molecule has 4 saturated heterocycles. The van der Waals surface area contributed by atoms with E-state index < -0.39 is 95.8 Å². The van der Waals surface area contributed by atoms with Crippen LogP contribution < -0.4 is 0 Å². The van der Waals surface area contributed by atoms with Crippen LogP contribution in [0.2, 0.25) is 0 Å². The predicted octanol–water partition coefficient (Wildman–Crippen LogP) is 7.61. The van der Waals surface area contributed by atoms with E-state index in [2.05, 4.69) is 25.7 Å². The molecular weight excluding hydrogens is 1030 g/mol. The molecule has 2 amide bonds. The van der Waals surface area contributed by atoms with Crippen molar-refractivity contribution < 1.29 is 68.5 Å². The number of carbonyl (C=O) groups excluding carboxylic acids is 5. The number of cyclic esters (lactones) is 1. The van der Waals surface area contributed by atoms with Gasteiger partial charge in [0.05, 0.1) is 42.5 Å². The highest BCUT2D eigenvalue weighted by Gasteiger charge is 2.58. The van der Waals surface area contributed by atoms with E-state index >= 15 is 0 Å². The number of thioether (sulfide) groups is 1. The number of likely N-dealkylation sites (tertiary alicyclic amines) is 1. The number of hydrogen-bond acceptors (Lipinski definition) is 15. The average Bonchev–Trinajstić information content (AvgIpc) is 4.03. The molecule has 1 aliphatic carbocycles. The summed E-state index contributed by atoms with van der Waals surface area (Å²) in [7, 11) is 1.56. The molecular formula is C61H97N3O14S. The van der Waals surface area contributed by atoms with E-state index in [1.807, 2.05) is 53.7 Å². The monoisotopic (exact) mass is 1130 g/mol. The van der Waals surface area contributed by atoms with Crippen LogP contribution in [-0.2, 0) is 43.0 Å². The number of nitrogens with zero attached hydrogens (tertiary/aromatic N) is 3. The standard InChI is InChI=1S/C59H91N3O14S.C2H6/c1-31-22-32(2)24-40(17-19-58(9,10)60-21-18-41(30-60)77-48-28-43-49(38(8)63)54(68)62(43)50(48)56(70)71)46(66)29-45(65)37(7)52(35(5)26-39-15-16-44(64)47(27-39)74-11)75-57(72)42-14-12-13-20-61(42)55(69)53(67)59(73)36(6)25-34(4)51(76-59)33(3)23-31;1-2/h24,26,31,33-34,36-45,47,49,51-52,63-65,73H,12-23,25,27-30H2,1-11H3,(H,70,71);1-2H3/b32-24+,35-26+;/t31-,33-,34-,36+,37+,38+,39-,40+,41-,42-,43+,44+,45-,47+,49+,51+,52+,59+;/m0./s1. The van der Waals surface area contributed by atoms with Crippen molar-refractivity contribution in [3.05, 3.63) is 33.9 Å². The Morgan fingerprint density at radius 2 is 1.62 bits per heavy atom. The fraction of sp³-hybridized carbons (Fsp3) is 0.803. The molecule has 2 bridgehead atoms. The number of ether oxygens (including phenoxy) is 3. The number of rotatable bonds is 11. The highest BCUT2D eigenvalue weighted by molar-refractivity contribution is 8.03. The Labute approximate surface area is 474 Å². The maximum Gasteiger partial charge on any atom is 0.353 e. The van der Waals surface area contributed by atoms with Gasteiger partial charge in [0.25, 0.3) is 11.7 Å². The van der Waals surface area contributed by atoms with Crippen molar-refractivity contribution in [2.45, 2.75) is 238 Å². The summed E-state index contributed by atoms with van der Waals surface area (Å²) in [5, 5.41) is 55.6. The fourth-order valence-corrected chi connectivity index (χ4v) is 15.7. The Hall–Kier alpha value is -3.49. The number of carboxylic acid groups (broad SMARTS) is 1. The van der Waals surface area contributed by atoms with Crippen LogP contribution in [0.4, 0.5) is 0 Å². The second-order valence-electron chi connectivity index (χ2n) is 25.3. The molecule has 0 spiro atoms. The van der Waals surface area contributed by atoms with Gasteiger partial charge in [0.15, 0.2) is 0 Å². The van der Waals surface area contributed by atoms with Gasteiger partial charge in [-0.3, -0.25) is 24.1 Å².